The second kappa shape index (κ2) is 5.42. The number of aryl methyl sites for hydroxylation is 1. The van der Waals surface area contributed by atoms with Gasteiger partial charge in [0.05, 0.1) is 0 Å². The summed E-state index contributed by atoms with van der Waals surface area (Å²) in [6, 6.07) is 5.81. The minimum Gasteiger partial charge on any atom is -0.207 e. The molecule has 0 aromatic heterocycles. The van der Waals surface area contributed by atoms with Crippen molar-refractivity contribution in [1.82, 2.24) is 0 Å². The molecule has 2 rings (SSSR count). The van der Waals surface area contributed by atoms with Crippen molar-refractivity contribution in [3.05, 3.63) is 35.1 Å². The predicted molar refractivity (Wildman–Crippen MR) is 75.4 cm³/mol. The molecule has 0 heterocycles. The van der Waals surface area contributed by atoms with E-state index in [0.717, 1.165) is 11.5 Å². The summed E-state index contributed by atoms with van der Waals surface area (Å²) in [5.41, 5.74) is 2.14. The van der Waals surface area contributed by atoms with Gasteiger partial charge in [0.1, 0.15) is 5.82 Å². The van der Waals surface area contributed by atoms with Gasteiger partial charge in [-0.15, -0.1) is 0 Å². The first-order chi connectivity index (χ1) is 8.55. The van der Waals surface area contributed by atoms with Gasteiger partial charge in [-0.1, -0.05) is 38.8 Å². The van der Waals surface area contributed by atoms with E-state index in [-0.39, 0.29) is 11.2 Å². The standard InChI is InChI=1S/C17H25F/c1-4-5-14-8-10-17(3,11-9-14)15-7-6-13(2)16(18)12-15/h6-7,12,14H,4-5,8-11H2,1-3H3. The molecule has 1 fully saturated rings. The molecule has 0 aliphatic heterocycles. The van der Waals surface area contributed by atoms with Gasteiger partial charge in [0, 0.05) is 0 Å². The van der Waals surface area contributed by atoms with Crippen LogP contribution in [-0.2, 0) is 5.41 Å². The number of halogens is 1. The molecule has 0 N–H and O–H groups in total. The number of hydrogen-bond acceptors (Lipinski definition) is 0. The van der Waals surface area contributed by atoms with Gasteiger partial charge in [-0.2, -0.15) is 0 Å². The van der Waals surface area contributed by atoms with E-state index in [2.05, 4.69) is 19.9 Å². The molecule has 0 nitrogen and oxygen atoms in total. The third kappa shape index (κ3) is 2.76. The lowest BCUT2D eigenvalue weighted by Gasteiger charge is -2.38. The van der Waals surface area contributed by atoms with E-state index in [4.69, 9.17) is 0 Å². The molecule has 1 aromatic carbocycles. The highest BCUT2D eigenvalue weighted by Gasteiger charge is 2.32. The average molecular weight is 248 g/mol. The summed E-state index contributed by atoms with van der Waals surface area (Å²) in [6.07, 6.45) is 7.68. The Balaban J connectivity index is 2.10. The molecular formula is C17H25F. The summed E-state index contributed by atoms with van der Waals surface area (Å²) in [5, 5.41) is 0. The first kappa shape index (κ1) is 13.6. The van der Waals surface area contributed by atoms with Crippen molar-refractivity contribution < 1.29 is 4.39 Å². The molecule has 1 aliphatic carbocycles. The largest absolute Gasteiger partial charge is 0.207 e. The fourth-order valence-electron chi connectivity index (χ4n) is 3.27. The highest BCUT2D eigenvalue weighted by molar-refractivity contribution is 5.29. The van der Waals surface area contributed by atoms with Crippen molar-refractivity contribution in [2.24, 2.45) is 5.92 Å². The zero-order chi connectivity index (χ0) is 13.2. The maximum absolute atomic E-state index is 13.7. The van der Waals surface area contributed by atoms with Crippen LogP contribution in [-0.4, -0.2) is 0 Å². The second-order valence-corrected chi connectivity index (χ2v) is 6.26. The van der Waals surface area contributed by atoms with Gasteiger partial charge >= 0.3 is 0 Å². The third-order valence-electron chi connectivity index (χ3n) is 4.77. The van der Waals surface area contributed by atoms with Crippen LogP contribution in [0.5, 0.6) is 0 Å². The second-order valence-electron chi connectivity index (χ2n) is 6.26. The van der Waals surface area contributed by atoms with Gasteiger partial charge in [0.15, 0.2) is 0 Å². The summed E-state index contributed by atoms with van der Waals surface area (Å²) < 4.78 is 13.7. The highest BCUT2D eigenvalue weighted by Crippen LogP contribution is 2.42. The number of hydrogen-bond donors (Lipinski definition) is 0. The molecule has 0 bridgehead atoms. The molecule has 0 atom stereocenters. The van der Waals surface area contributed by atoms with E-state index in [0.29, 0.717) is 0 Å². The van der Waals surface area contributed by atoms with E-state index in [1.165, 1.54) is 44.1 Å². The van der Waals surface area contributed by atoms with Gasteiger partial charge in [-0.25, -0.2) is 4.39 Å². The molecular weight excluding hydrogens is 223 g/mol. The zero-order valence-electron chi connectivity index (χ0n) is 11.9. The lowest BCUT2D eigenvalue weighted by atomic mass is 9.67. The first-order valence-electron chi connectivity index (χ1n) is 7.32. The van der Waals surface area contributed by atoms with E-state index in [1.54, 1.807) is 6.07 Å². The molecule has 1 saturated carbocycles. The minimum atomic E-state index is -0.0515. The first-order valence-corrected chi connectivity index (χ1v) is 7.32. The minimum absolute atomic E-state index is 0.0515. The summed E-state index contributed by atoms with van der Waals surface area (Å²) in [4.78, 5) is 0. The lowest BCUT2D eigenvalue weighted by molar-refractivity contribution is 0.237. The fourth-order valence-corrected chi connectivity index (χ4v) is 3.27. The molecule has 1 aliphatic rings. The Morgan fingerprint density at radius 3 is 2.50 bits per heavy atom. The van der Waals surface area contributed by atoms with Crippen LogP contribution in [0.2, 0.25) is 0 Å². The molecule has 0 radical (unpaired) electrons. The normalized spacial score (nSPS) is 28.3. The Kier molecular flexibility index (Phi) is 4.09. The summed E-state index contributed by atoms with van der Waals surface area (Å²) in [6.45, 7) is 6.40. The van der Waals surface area contributed by atoms with Crippen molar-refractivity contribution in [3.63, 3.8) is 0 Å². The molecule has 0 spiro atoms. The molecule has 1 aromatic rings. The molecule has 0 saturated heterocycles. The average Bonchev–Trinajstić information content (AvgIpc) is 2.36. The van der Waals surface area contributed by atoms with Gasteiger partial charge in [-0.05, 0) is 61.1 Å². The SMILES string of the molecule is CCCC1CCC(C)(c2ccc(C)c(F)c2)CC1. The van der Waals surface area contributed by atoms with E-state index in [1.807, 2.05) is 13.0 Å². The van der Waals surface area contributed by atoms with Crippen molar-refractivity contribution in [1.29, 1.82) is 0 Å². The zero-order valence-corrected chi connectivity index (χ0v) is 11.9. The van der Waals surface area contributed by atoms with Gasteiger partial charge in [0.25, 0.3) is 0 Å². The topological polar surface area (TPSA) is 0 Å². The number of rotatable bonds is 3. The lowest BCUT2D eigenvalue weighted by Crippen LogP contribution is -2.28. The van der Waals surface area contributed by atoms with Crippen LogP contribution in [0.3, 0.4) is 0 Å². The Morgan fingerprint density at radius 2 is 1.94 bits per heavy atom. The van der Waals surface area contributed by atoms with Gasteiger partial charge < -0.3 is 0 Å². The molecule has 1 heteroatoms. The molecule has 100 valence electrons. The molecule has 0 unspecified atom stereocenters. The Labute approximate surface area is 111 Å². The third-order valence-corrected chi connectivity index (χ3v) is 4.77. The van der Waals surface area contributed by atoms with Crippen LogP contribution in [0.1, 0.15) is 63.5 Å². The van der Waals surface area contributed by atoms with Crippen LogP contribution in [0, 0.1) is 18.7 Å². The van der Waals surface area contributed by atoms with Crippen molar-refractivity contribution in [3.8, 4) is 0 Å². The smallest absolute Gasteiger partial charge is 0.126 e. The van der Waals surface area contributed by atoms with Gasteiger partial charge in [-0.3, -0.25) is 0 Å². The maximum Gasteiger partial charge on any atom is 0.126 e. The van der Waals surface area contributed by atoms with Crippen molar-refractivity contribution >= 4 is 0 Å². The monoisotopic (exact) mass is 248 g/mol. The summed E-state index contributed by atoms with van der Waals surface area (Å²) in [7, 11) is 0. The Morgan fingerprint density at radius 1 is 1.28 bits per heavy atom. The highest BCUT2D eigenvalue weighted by atomic mass is 19.1. The van der Waals surface area contributed by atoms with E-state index >= 15 is 0 Å². The quantitative estimate of drug-likeness (QED) is 0.673. The Bertz CT molecular complexity index is 400. The van der Waals surface area contributed by atoms with E-state index < -0.39 is 0 Å². The van der Waals surface area contributed by atoms with Gasteiger partial charge in [0.2, 0.25) is 0 Å². The van der Waals surface area contributed by atoms with Crippen LogP contribution >= 0.6 is 0 Å². The molecule has 0 amide bonds. The number of benzene rings is 1. The maximum atomic E-state index is 13.7. The summed E-state index contributed by atoms with van der Waals surface area (Å²) in [5.74, 6) is 0.850. The van der Waals surface area contributed by atoms with Crippen LogP contribution in [0.25, 0.3) is 0 Å². The van der Waals surface area contributed by atoms with Crippen molar-refractivity contribution in [2.45, 2.75) is 64.7 Å². The predicted octanol–water partition coefficient (Wildman–Crippen LogP) is 5.38. The van der Waals surface area contributed by atoms with Crippen LogP contribution in [0.4, 0.5) is 4.39 Å². The fraction of sp³-hybridized carbons (Fsp3) is 0.647. The van der Waals surface area contributed by atoms with E-state index in [9.17, 15) is 4.39 Å². The Hall–Kier alpha value is -0.850. The van der Waals surface area contributed by atoms with Crippen molar-refractivity contribution in [2.75, 3.05) is 0 Å². The van der Waals surface area contributed by atoms with Crippen LogP contribution < -0.4 is 0 Å². The molecule has 18 heavy (non-hydrogen) atoms. The summed E-state index contributed by atoms with van der Waals surface area (Å²) >= 11 is 0. The van der Waals surface area contributed by atoms with Crippen LogP contribution in [0.15, 0.2) is 18.2 Å².